The molecule has 6 nitrogen and oxygen atoms in total. The number of hydrogen-bond acceptors (Lipinski definition) is 5. The van der Waals surface area contributed by atoms with Gasteiger partial charge >= 0.3 is 0 Å². The van der Waals surface area contributed by atoms with Crippen LogP contribution in [0.2, 0.25) is 0 Å². The molecule has 2 rings (SSSR count). The number of benzene rings is 1. The van der Waals surface area contributed by atoms with Gasteiger partial charge in [-0.05, 0) is 24.3 Å². The topological polar surface area (TPSA) is 90.4 Å². The Labute approximate surface area is 97.4 Å². The van der Waals surface area contributed by atoms with Gasteiger partial charge in [-0.1, -0.05) is 0 Å². The smallest absolute Gasteiger partial charge is 0.287 e. The largest absolute Gasteiger partial charge is 0.497 e. The number of nitrogens with two attached hydrogens (primary N) is 1. The molecule has 0 radical (unpaired) electrons. The molecule has 1 amide bonds. The summed E-state index contributed by atoms with van der Waals surface area (Å²) >= 11 is 0. The minimum Gasteiger partial charge on any atom is -0.497 e. The molecule has 0 aliphatic rings. The number of aromatic nitrogens is 1. The highest BCUT2D eigenvalue weighted by Crippen LogP contribution is 2.21. The second-order valence-electron chi connectivity index (χ2n) is 3.24. The molecular formula is C11H11N3O3. The summed E-state index contributed by atoms with van der Waals surface area (Å²) in [6.07, 6.45) is 1.25. The first-order valence-corrected chi connectivity index (χ1v) is 4.85. The number of nitrogens with zero attached hydrogens (tertiary/aromatic N) is 1. The normalized spacial score (nSPS) is 10.0. The van der Waals surface area contributed by atoms with Crippen molar-refractivity contribution in [3.05, 3.63) is 36.2 Å². The van der Waals surface area contributed by atoms with Gasteiger partial charge in [-0.3, -0.25) is 10.2 Å². The lowest BCUT2D eigenvalue weighted by Crippen LogP contribution is -2.30. The Morgan fingerprint density at radius 2 is 2.12 bits per heavy atom. The maximum absolute atomic E-state index is 11.2. The van der Waals surface area contributed by atoms with Gasteiger partial charge in [-0.2, -0.15) is 0 Å². The third-order valence-corrected chi connectivity index (χ3v) is 2.20. The van der Waals surface area contributed by atoms with Crippen LogP contribution in [-0.2, 0) is 0 Å². The highest BCUT2D eigenvalue weighted by atomic mass is 16.5. The van der Waals surface area contributed by atoms with Crippen molar-refractivity contribution in [2.45, 2.75) is 0 Å². The zero-order chi connectivity index (χ0) is 12.3. The third-order valence-electron chi connectivity index (χ3n) is 2.20. The summed E-state index contributed by atoms with van der Waals surface area (Å²) < 4.78 is 10.2. The van der Waals surface area contributed by atoms with Crippen LogP contribution in [0.15, 0.2) is 34.9 Å². The molecule has 6 heteroatoms. The first kappa shape index (κ1) is 11.2. The first-order valence-electron chi connectivity index (χ1n) is 4.85. The van der Waals surface area contributed by atoms with E-state index in [0.29, 0.717) is 5.89 Å². The Bertz CT molecular complexity index is 519. The van der Waals surface area contributed by atoms with Crippen LogP contribution < -0.4 is 16.0 Å². The van der Waals surface area contributed by atoms with Crippen molar-refractivity contribution in [3.63, 3.8) is 0 Å². The summed E-state index contributed by atoms with van der Waals surface area (Å²) in [5, 5.41) is 0. The molecule has 0 unspecified atom stereocenters. The minimum absolute atomic E-state index is 0.137. The van der Waals surface area contributed by atoms with E-state index in [-0.39, 0.29) is 5.69 Å². The quantitative estimate of drug-likeness (QED) is 0.468. The zero-order valence-electron chi connectivity index (χ0n) is 9.14. The fourth-order valence-corrected chi connectivity index (χ4v) is 1.32. The van der Waals surface area contributed by atoms with Crippen molar-refractivity contribution in [2.75, 3.05) is 7.11 Å². The van der Waals surface area contributed by atoms with Gasteiger partial charge in [0.25, 0.3) is 5.91 Å². The monoisotopic (exact) mass is 233 g/mol. The van der Waals surface area contributed by atoms with Crippen LogP contribution in [-0.4, -0.2) is 18.0 Å². The number of carbonyl (C=O) groups is 1. The maximum Gasteiger partial charge on any atom is 0.287 e. The minimum atomic E-state index is -0.492. The molecule has 0 saturated carbocycles. The van der Waals surface area contributed by atoms with Crippen LogP contribution in [0.25, 0.3) is 11.5 Å². The van der Waals surface area contributed by atoms with Crippen LogP contribution in [0.4, 0.5) is 0 Å². The molecule has 0 aliphatic carbocycles. The lowest BCUT2D eigenvalue weighted by Gasteiger charge is -1.99. The Hall–Kier alpha value is -2.34. The molecule has 0 fully saturated rings. The molecule has 2 aromatic rings. The third kappa shape index (κ3) is 2.26. The maximum atomic E-state index is 11.2. The van der Waals surface area contributed by atoms with Crippen molar-refractivity contribution in [2.24, 2.45) is 5.84 Å². The second kappa shape index (κ2) is 4.67. The highest BCUT2D eigenvalue weighted by Gasteiger charge is 2.11. The zero-order valence-corrected chi connectivity index (χ0v) is 9.14. The van der Waals surface area contributed by atoms with E-state index in [1.165, 1.54) is 6.26 Å². The van der Waals surface area contributed by atoms with Gasteiger partial charge in [0.05, 0.1) is 7.11 Å². The summed E-state index contributed by atoms with van der Waals surface area (Å²) in [5.41, 5.74) is 2.87. The van der Waals surface area contributed by atoms with Crippen molar-refractivity contribution in [1.82, 2.24) is 10.4 Å². The summed E-state index contributed by atoms with van der Waals surface area (Å²) in [5.74, 6) is 5.59. The molecule has 1 heterocycles. The Morgan fingerprint density at radius 3 is 2.71 bits per heavy atom. The van der Waals surface area contributed by atoms with Gasteiger partial charge in [-0.15, -0.1) is 0 Å². The number of nitrogens with one attached hydrogen (secondary N) is 1. The van der Waals surface area contributed by atoms with Gasteiger partial charge in [-0.25, -0.2) is 10.8 Å². The number of methoxy groups -OCH3 is 1. The highest BCUT2D eigenvalue weighted by molar-refractivity contribution is 5.91. The summed E-state index contributed by atoms with van der Waals surface area (Å²) in [7, 11) is 1.59. The number of rotatable bonds is 3. The Morgan fingerprint density at radius 1 is 1.41 bits per heavy atom. The van der Waals surface area contributed by atoms with Crippen LogP contribution >= 0.6 is 0 Å². The van der Waals surface area contributed by atoms with E-state index < -0.39 is 5.91 Å². The molecule has 88 valence electrons. The molecular weight excluding hydrogens is 222 g/mol. The van der Waals surface area contributed by atoms with Crippen molar-refractivity contribution in [1.29, 1.82) is 0 Å². The van der Waals surface area contributed by atoms with E-state index in [1.54, 1.807) is 31.4 Å². The van der Waals surface area contributed by atoms with E-state index in [2.05, 4.69) is 4.98 Å². The lowest BCUT2D eigenvalue weighted by atomic mass is 10.2. The predicted molar refractivity (Wildman–Crippen MR) is 60.1 cm³/mol. The van der Waals surface area contributed by atoms with Crippen LogP contribution in [0.5, 0.6) is 5.75 Å². The van der Waals surface area contributed by atoms with Crippen molar-refractivity contribution >= 4 is 5.91 Å². The number of amides is 1. The van der Waals surface area contributed by atoms with Crippen LogP contribution in [0.1, 0.15) is 10.5 Å². The lowest BCUT2D eigenvalue weighted by molar-refractivity contribution is 0.0948. The number of ether oxygens (including phenoxy) is 1. The van der Waals surface area contributed by atoms with Crippen molar-refractivity contribution in [3.8, 4) is 17.2 Å². The SMILES string of the molecule is COc1ccc(-c2nc(C(=O)NN)co2)cc1. The molecule has 0 saturated heterocycles. The molecule has 1 aromatic carbocycles. The molecule has 1 aromatic heterocycles. The van der Waals surface area contributed by atoms with Gasteiger partial charge in [0.1, 0.15) is 12.0 Å². The molecule has 3 N–H and O–H groups in total. The van der Waals surface area contributed by atoms with E-state index >= 15 is 0 Å². The van der Waals surface area contributed by atoms with Crippen LogP contribution in [0.3, 0.4) is 0 Å². The molecule has 0 aliphatic heterocycles. The Balaban J connectivity index is 2.27. The molecule has 0 bridgehead atoms. The fourth-order valence-electron chi connectivity index (χ4n) is 1.32. The number of nitrogen functional groups attached to an aromatic ring is 1. The second-order valence-corrected chi connectivity index (χ2v) is 3.24. The van der Waals surface area contributed by atoms with Crippen molar-refractivity contribution < 1.29 is 13.9 Å². The molecule has 0 atom stereocenters. The first-order chi connectivity index (χ1) is 8.24. The van der Waals surface area contributed by atoms with E-state index in [9.17, 15) is 4.79 Å². The van der Waals surface area contributed by atoms with Gasteiger partial charge in [0, 0.05) is 5.56 Å². The molecule has 17 heavy (non-hydrogen) atoms. The van der Waals surface area contributed by atoms with Gasteiger partial charge in [0.15, 0.2) is 5.69 Å². The average Bonchev–Trinajstić information content (AvgIpc) is 2.87. The Kier molecular flexibility index (Phi) is 3.06. The average molecular weight is 233 g/mol. The van der Waals surface area contributed by atoms with E-state index in [4.69, 9.17) is 15.0 Å². The van der Waals surface area contributed by atoms with Gasteiger partial charge in [0.2, 0.25) is 5.89 Å². The number of hydrazine groups is 1. The number of hydrogen-bond donors (Lipinski definition) is 2. The molecule has 0 spiro atoms. The number of oxazole rings is 1. The fraction of sp³-hybridized carbons (Fsp3) is 0.0909. The summed E-state index contributed by atoms with van der Waals surface area (Å²) in [6.45, 7) is 0. The summed E-state index contributed by atoms with van der Waals surface area (Å²) in [4.78, 5) is 15.2. The summed E-state index contributed by atoms with van der Waals surface area (Å²) in [6, 6.07) is 7.13. The number of carbonyl (C=O) groups excluding carboxylic acids is 1. The van der Waals surface area contributed by atoms with Gasteiger partial charge < -0.3 is 9.15 Å². The van der Waals surface area contributed by atoms with E-state index in [1.807, 2.05) is 5.43 Å². The predicted octanol–water partition coefficient (Wildman–Crippen LogP) is 0.954. The van der Waals surface area contributed by atoms with Crippen LogP contribution in [0, 0.1) is 0 Å². The standard InChI is InChI=1S/C11H11N3O3/c1-16-8-4-2-7(3-5-8)11-13-9(6-17-11)10(15)14-12/h2-6H,12H2,1H3,(H,14,15). The van der Waals surface area contributed by atoms with E-state index in [0.717, 1.165) is 11.3 Å².